The van der Waals surface area contributed by atoms with Crippen molar-refractivity contribution in [2.75, 3.05) is 39.6 Å². The smallest absolute Gasteiger partial charge is 0.423 e. The second-order valence-corrected chi connectivity index (χ2v) is 22.9. The number of hydrogen-bond donors (Lipinski definition) is 1. The molecule has 0 saturated carbocycles. The maximum Gasteiger partial charge on any atom is 0.423 e. The molecule has 0 aliphatic carbocycles. The van der Waals surface area contributed by atoms with Crippen molar-refractivity contribution in [2.45, 2.75) is 95.0 Å². The van der Waals surface area contributed by atoms with E-state index < -0.39 is 36.7 Å². The highest BCUT2D eigenvalue weighted by Crippen LogP contribution is 2.35. The molecule has 280 valence electrons. The standard InChI is InChI=1S/C36H49IN2O10SSi/c1-36(2)47-25-29-22-28(13-14-32(29)49-36)33-24-38(35(42)48-33)15-9-6-7-10-16-45-17-11-8-12-27-20-30(37)23-31(21-27)50(43,44)39(34(40)41)26-46-18-19-51(3,4)5/h13-14,20-23,33H,6-7,9-11,15-19,24-26H2,1-5H3,(H,40,41)/t33-/m0/s1. The van der Waals surface area contributed by atoms with Crippen LogP contribution in [0.25, 0.3) is 0 Å². The summed E-state index contributed by atoms with van der Waals surface area (Å²) in [6.07, 6.45) is 1.94. The fraction of sp³-hybridized carbons (Fsp3) is 0.556. The van der Waals surface area contributed by atoms with Crippen molar-refractivity contribution in [2.24, 2.45) is 0 Å². The van der Waals surface area contributed by atoms with Crippen molar-refractivity contribution in [1.82, 2.24) is 9.21 Å². The summed E-state index contributed by atoms with van der Waals surface area (Å²) in [7, 11) is -5.77. The van der Waals surface area contributed by atoms with Gasteiger partial charge < -0.3 is 33.7 Å². The third kappa shape index (κ3) is 12.6. The average molecular weight is 857 g/mol. The van der Waals surface area contributed by atoms with Crippen LogP contribution in [0.1, 0.15) is 68.7 Å². The Labute approximate surface area is 316 Å². The quantitative estimate of drug-likeness (QED) is 0.0562. The first kappa shape index (κ1) is 40.9. The fourth-order valence-electron chi connectivity index (χ4n) is 5.34. The summed E-state index contributed by atoms with van der Waals surface area (Å²) in [5.41, 5.74) is 2.35. The van der Waals surface area contributed by atoms with Gasteiger partial charge in [-0.15, -0.1) is 0 Å². The predicted molar refractivity (Wildman–Crippen MR) is 203 cm³/mol. The minimum Gasteiger partial charge on any atom is -0.464 e. The lowest BCUT2D eigenvalue weighted by atomic mass is 10.0. The molecule has 0 spiro atoms. The molecule has 1 saturated heterocycles. The molecule has 2 aliphatic heterocycles. The third-order valence-corrected chi connectivity index (χ3v) is 12.2. The van der Waals surface area contributed by atoms with Gasteiger partial charge in [-0.1, -0.05) is 50.4 Å². The summed E-state index contributed by atoms with van der Waals surface area (Å²) in [6.45, 7) is 12.6. The van der Waals surface area contributed by atoms with Gasteiger partial charge in [-0.2, -0.15) is 4.31 Å². The Kier molecular flexibility index (Phi) is 14.6. The van der Waals surface area contributed by atoms with Crippen LogP contribution in [0, 0.1) is 15.4 Å². The molecule has 2 heterocycles. The summed E-state index contributed by atoms with van der Waals surface area (Å²) in [6, 6.07) is 11.2. The lowest BCUT2D eigenvalue weighted by Crippen LogP contribution is -2.38. The van der Waals surface area contributed by atoms with E-state index in [0.717, 1.165) is 48.6 Å². The number of rotatable bonds is 17. The third-order valence-electron chi connectivity index (χ3n) is 8.22. The van der Waals surface area contributed by atoms with Crippen LogP contribution in [0.5, 0.6) is 5.75 Å². The molecular weight excluding hydrogens is 807 g/mol. The van der Waals surface area contributed by atoms with Crippen LogP contribution >= 0.6 is 22.6 Å². The summed E-state index contributed by atoms with van der Waals surface area (Å²) < 4.78 is 55.7. The second kappa shape index (κ2) is 18.2. The lowest BCUT2D eigenvalue weighted by Gasteiger charge is -2.32. The highest BCUT2D eigenvalue weighted by atomic mass is 127. The monoisotopic (exact) mass is 856 g/mol. The van der Waals surface area contributed by atoms with E-state index in [0.29, 0.717) is 59.4 Å². The van der Waals surface area contributed by atoms with E-state index in [1.807, 2.05) is 54.6 Å². The maximum atomic E-state index is 13.2. The number of carboxylic acid groups (broad SMARTS) is 1. The van der Waals surface area contributed by atoms with Gasteiger partial charge in [0, 0.05) is 62.8 Å². The van der Waals surface area contributed by atoms with Crippen molar-refractivity contribution >= 4 is 52.9 Å². The van der Waals surface area contributed by atoms with E-state index in [1.54, 1.807) is 11.0 Å². The number of halogens is 1. The van der Waals surface area contributed by atoms with Crippen LogP contribution < -0.4 is 4.74 Å². The summed E-state index contributed by atoms with van der Waals surface area (Å²) >= 11 is 1.99. The summed E-state index contributed by atoms with van der Waals surface area (Å²) in [4.78, 5) is 25.9. The zero-order chi connectivity index (χ0) is 37.2. The summed E-state index contributed by atoms with van der Waals surface area (Å²) in [5.74, 6) is 6.11. The Morgan fingerprint density at radius 1 is 1.08 bits per heavy atom. The number of carbonyl (C=O) groups is 2. The number of benzene rings is 2. The first-order valence-electron chi connectivity index (χ1n) is 17.2. The fourth-order valence-corrected chi connectivity index (χ4v) is 8.20. The highest BCUT2D eigenvalue weighted by Gasteiger charge is 2.34. The van der Waals surface area contributed by atoms with Gasteiger partial charge in [-0.3, -0.25) is 0 Å². The number of hydrogen-bond acceptors (Lipinski definition) is 9. The lowest BCUT2D eigenvalue weighted by molar-refractivity contribution is -0.180. The predicted octanol–water partition coefficient (Wildman–Crippen LogP) is 7.43. The second-order valence-electron chi connectivity index (χ2n) is 14.2. The molecule has 2 aromatic carbocycles. The van der Waals surface area contributed by atoms with Crippen molar-refractivity contribution in [1.29, 1.82) is 0 Å². The van der Waals surface area contributed by atoms with Crippen LogP contribution in [0.15, 0.2) is 41.3 Å². The molecule has 0 bridgehead atoms. The van der Waals surface area contributed by atoms with Gasteiger partial charge in [-0.25, -0.2) is 18.0 Å². The summed E-state index contributed by atoms with van der Waals surface area (Å²) in [5, 5.41) is 9.62. The van der Waals surface area contributed by atoms with Crippen LogP contribution in [-0.4, -0.2) is 88.4 Å². The molecule has 1 N–H and O–H groups in total. The van der Waals surface area contributed by atoms with E-state index in [9.17, 15) is 23.1 Å². The van der Waals surface area contributed by atoms with Gasteiger partial charge in [-0.05, 0) is 77.4 Å². The number of amides is 2. The van der Waals surface area contributed by atoms with Crippen LogP contribution in [-0.2, 0) is 35.6 Å². The number of carbonyl (C=O) groups excluding carboxylic acids is 1. The van der Waals surface area contributed by atoms with Crippen molar-refractivity contribution < 1.29 is 46.8 Å². The molecule has 12 nitrogen and oxygen atoms in total. The Morgan fingerprint density at radius 3 is 2.59 bits per heavy atom. The number of fused-ring (bicyclic) bond motifs is 1. The number of nitrogens with zero attached hydrogens (tertiary/aromatic N) is 2. The van der Waals surface area contributed by atoms with Crippen molar-refractivity contribution in [3.63, 3.8) is 0 Å². The van der Waals surface area contributed by atoms with E-state index in [4.69, 9.17) is 23.7 Å². The Bertz CT molecular complexity index is 1700. The minimum atomic E-state index is -4.35. The van der Waals surface area contributed by atoms with Crippen LogP contribution in [0.4, 0.5) is 9.59 Å². The highest BCUT2D eigenvalue weighted by molar-refractivity contribution is 14.1. The zero-order valence-corrected chi connectivity index (χ0v) is 34.0. The van der Waals surface area contributed by atoms with Gasteiger partial charge in [0.2, 0.25) is 5.79 Å². The minimum absolute atomic E-state index is 0.155. The van der Waals surface area contributed by atoms with Gasteiger partial charge in [0.05, 0.1) is 24.7 Å². The van der Waals surface area contributed by atoms with Crippen LogP contribution in [0.2, 0.25) is 25.7 Å². The molecule has 1 atom stereocenters. The van der Waals surface area contributed by atoms with Gasteiger partial charge in [0.25, 0.3) is 10.0 Å². The van der Waals surface area contributed by atoms with Crippen molar-refractivity contribution in [3.8, 4) is 17.6 Å². The molecule has 0 unspecified atom stereocenters. The molecule has 0 aromatic heterocycles. The Balaban J connectivity index is 1.12. The Morgan fingerprint density at radius 2 is 1.84 bits per heavy atom. The molecule has 4 rings (SSSR count). The van der Waals surface area contributed by atoms with Gasteiger partial charge in [0.1, 0.15) is 18.6 Å². The zero-order valence-electron chi connectivity index (χ0n) is 30.0. The molecular formula is C36H49IN2O10SSi. The number of unbranched alkanes of at least 4 members (excludes halogenated alkanes) is 3. The number of ether oxygens (including phenoxy) is 5. The first-order chi connectivity index (χ1) is 24.0. The number of sulfonamides is 1. The van der Waals surface area contributed by atoms with Gasteiger partial charge >= 0.3 is 12.2 Å². The normalized spacial score (nSPS) is 16.9. The van der Waals surface area contributed by atoms with E-state index in [-0.39, 0.29) is 17.1 Å². The average Bonchev–Trinajstić information content (AvgIpc) is 3.41. The van der Waals surface area contributed by atoms with Crippen molar-refractivity contribution in [3.05, 3.63) is 56.7 Å². The Hall–Kier alpha value is -2.88. The number of cyclic esters (lactones) is 1. The van der Waals surface area contributed by atoms with Gasteiger partial charge in [0.15, 0.2) is 0 Å². The largest absolute Gasteiger partial charge is 0.464 e. The van der Waals surface area contributed by atoms with E-state index >= 15 is 0 Å². The van der Waals surface area contributed by atoms with E-state index in [1.165, 1.54) is 12.1 Å². The topological polar surface area (TPSA) is 141 Å². The first-order valence-corrected chi connectivity index (χ1v) is 23.4. The SMILES string of the molecule is CC1(C)OCc2cc([C@@H]3CN(CCCCCCOCCC#Cc4cc(I)cc(S(=O)(=O)N(COCC[Si](C)(C)C)C(=O)O)c4)C(=O)O3)ccc2O1. The molecule has 2 aliphatic rings. The molecule has 15 heteroatoms. The molecule has 2 amide bonds. The van der Waals surface area contributed by atoms with Crippen LogP contribution in [0.3, 0.4) is 0 Å². The van der Waals surface area contributed by atoms with E-state index in [2.05, 4.69) is 31.5 Å². The molecule has 1 fully saturated rings. The molecule has 2 aromatic rings. The molecule has 51 heavy (non-hydrogen) atoms. The maximum absolute atomic E-state index is 13.2. The molecule has 0 radical (unpaired) electrons.